The fourth-order valence-electron chi connectivity index (χ4n) is 1.90. The fourth-order valence-corrected chi connectivity index (χ4v) is 2.72. The minimum absolute atomic E-state index is 0.641. The molecule has 2 heterocycles. The Balaban J connectivity index is 1.80. The van der Waals surface area contributed by atoms with Crippen LogP contribution in [0.3, 0.4) is 0 Å². The zero-order valence-corrected chi connectivity index (χ0v) is 11.9. The number of nitrogens with one attached hydrogen (secondary N) is 1. The lowest BCUT2D eigenvalue weighted by molar-refractivity contribution is 1.01. The average molecular weight is 282 g/mol. The minimum Gasteiger partial charge on any atom is -0.357 e. The van der Waals surface area contributed by atoms with Crippen molar-refractivity contribution in [1.29, 1.82) is 0 Å². The first-order chi connectivity index (χ1) is 9.85. The van der Waals surface area contributed by atoms with Crippen LogP contribution in [0.1, 0.15) is 10.7 Å². The molecule has 100 valence electrons. The highest BCUT2D eigenvalue weighted by Crippen LogP contribution is 2.22. The number of anilines is 1. The normalized spacial score (nSPS) is 10.4. The predicted octanol–water partition coefficient (Wildman–Crippen LogP) is 3.23. The summed E-state index contributed by atoms with van der Waals surface area (Å²) in [4.78, 5) is 13.2. The molecule has 1 N–H and O–H groups in total. The van der Waals surface area contributed by atoms with E-state index in [1.165, 1.54) is 0 Å². The lowest BCUT2D eigenvalue weighted by Crippen LogP contribution is -1.99. The standard InChI is InChI=1S/C15H14N4S/c1-16-15-17-8-7-12(18-15)9-14-19-13(10-20-14)11-5-3-2-4-6-11/h2-8,10H,9H2,1H3,(H,16,17,18). The van der Waals surface area contributed by atoms with Gasteiger partial charge in [-0.25, -0.2) is 15.0 Å². The quantitative estimate of drug-likeness (QED) is 0.798. The summed E-state index contributed by atoms with van der Waals surface area (Å²) in [7, 11) is 1.82. The van der Waals surface area contributed by atoms with Crippen LogP contribution in [0.15, 0.2) is 48.0 Å². The highest BCUT2D eigenvalue weighted by Gasteiger charge is 2.06. The van der Waals surface area contributed by atoms with E-state index >= 15 is 0 Å². The van der Waals surface area contributed by atoms with Crippen LogP contribution in [0.25, 0.3) is 11.3 Å². The van der Waals surface area contributed by atoms with Crippen LogP contribution in [-0.2, 0) is 6.42 Å². The molecule has 2 aromatic heterocycles. The highest BCUT2D eigenvalue weighted by atomic mass is 32.1. The van der Waals surface area contributed by atoms with E-state index in [1.807, 2.05) is 31.3 Å². The van der Waals surface area contributed by atoms with E-state index in [1.54, 1.807) is 17.5 Å². The van der Waals surface area contributed by atoms with Gasteiger partial charge in [0.15, 0.2) is 0 Å². The lowest BCUT2D eigenvalue weighted by atomic mass is 10.2. The maximum atomic E-state index is 4.67. The number of hydrogen-bond acceptors (Lipinski definition) is 5. The molecule has 1 aromatic carbocycles. The van der Waals surface area contributed by atoms with Crippen molar-refractivity contribution in [2.24, 2.45) is 0 Å². The molecule has 3 rings (SSSR count). The van der Waals surface area contributed by atoms with Crippen LogP contribution in [0.2, 0.25) is 0 Å². The van der Waals surface area contributed by atoms with Crippen molar-refractivity contribution in [2.75, 3.05) is 12.4 Å². The van der Waals surface area contributed by atoms with Crippen LogP contribution < -0.4 is 5.32 Å². The van der Waals surface area contributed by atoms with Gasteiger partial charge in [-0.2, -0.15) is 0 Å². The summed E-state index contributed by atoms with van der Waals surface area (Å²) in [6, 6.07) is 12.1. The third-order valence-electron chi connectivity index (χ3n) is 2.89. The lowest BCUT2D eigenvalue weighted by Gasteiger charge is -2.00. The molecular weight excluding hydrogens is 268 g/mol. The Morgan fingerprint density at radius 3 is 2.75 bits per heavy atom. The average Bonchev–Trinajstić information content (AvgIpc) is 2.97. The van der Waals surface area contributed by atoms with Gasteiger partial charge in [0.25, 0.3) is 0 Å². The Kier molecular flexibility index (Phi) is 3.69. The van der Waals surface area contributed by atoms with Crippen molar-refractivity contribution in [3.63, 3.8) is 0 Å². The summed E-state index contributed by atoms with van der Waals surface area (Å²) < 4.78 is 0. The monoisotopic (exact) mass is 282 g/mol. The van der Waals surface area contributed by atoms with Gasteiger partial charge < -0.3 is 5.32 Å². The van der Waals surface area contributed by atoms with Crippen molar-refractivity contribution in [2.45, 2.75) is 6.42 Å². The Morgan fingerprint density at radius 2 is 1.95 bits per heavy atom. The number of hydrogen-bond donors (Lipinski definition) is 1. The molecule has 3 aromatic rings. The summed E-state index contributed by atoms with van der Waals surface area (Å²) in [6.45, 7) is 0. The Morgan fingerprint density at radius 1 is 1.10 bits per heavy atom. The molecule has 20 heavy (non-hydrogen) atoms. The largest absolute Gasteiger partial charge is 0.357 e. The molecular formula is C15H14N4S. The highest BCUT2D eigenvalue weighted by molar-refractivity contribution is 7.10. The molecule has 0 unspecified atom stereocenters. The molecule has 0 aliphatic rings. The molecule has 0 aliphatic heterocycles. The number of aromatic nitrogens is 3. The molecule has 4 nitrogen and oxygen atoms in total. The summed E-state index contributed by atoms with van der Waals surface area (Å²) in [5.41, 5.74) is 3.14. The smallest absolute Gasteiger partial charge is 0.222 e. The first-order valence-electron chi connectivity index (χ1n) is 6.34. The van der Waals surface area contributed by atoms with E-state index in [4.69, 9.17) is 0 Å². The van der Waals surface area contributed by atoms with Gasteiger partial charge >= 0.3 is 0 Å². The van der Waals surface area contributed by atoms with E-state index < -0.39 is 0 Å². The fraction of sp³-hybridized carbons (Fsp3) is 0.133. The zero-order valence-electron chi connectivity index (χ0n) is 11.1. The summed E-state index contributed by atoms with van der Waals surface area (Å²) in [6.07, 6.45) is 2.49. The second kappa shape index (κ2) is 5.79. The first kappa shape index (κ1) is 12.7. The molecule has 0 bridgehead atoms. The molecule has 0 atom stereocenters. The van der Waals surface area contributed by atoms with Crippen molar-refractivity contribution in [3.8, 4) is 11.3 Å². The van der Waals surface area contributed by atoms with Crippen LogP contribution in [-0.4, -0.2) is 22.0 Å². The third kappa shape index (κ3) is 2.83. The topological polar surface area (TPSA) is 50.7 Å². The minimum atomic E-state index is 0.641. The van der Waals surface area contributed by atoms with Crippen molar-refractivity contribution < 1.29 is 0 Å². The second-order valence-electron chi connectivity index (χ2n) is 4.29. The SMILES string of the molecule is CNc1nccc(Cc2nc(-c3ccccc3)cs2)n1. The van der Waals surface area contributed by atoms with Gasteiger partial charge in [0.1, 0.15) is 0 Å². The van der Waals surface area contributed by atoms with Gasteiger partial charge in [0.2, 0.25) is 5.95 Å². The number of rotatable bonds is 4. The van der Waals surface area contributed by atoms with Crippen LogP contribution in [0.4, 0.5) is 5.95 Å². The van der Waals surface area contributed by atoms with Crippen molar-refractivity contribution >= 4 is 17.3 Å². The number of benzene rings is 1. The first-order valence-corrected chi connectivity index (χ1v) is 7.22. The van der Waals surface area contributed by atoms with E-state index in [9.17, 15) is 0 Å². The Hall–Kier alpha value is -2.27. The van der Waals surface area contributed by atoms with E-state index in [-0.39, 0.29) is 0 Å². The van der Waals surface area contributed by atoms with Crippen molar-refractivity contribution in [3.05, 3.63) is 58.7 Å². The van der Waals surface area contributed by atoms with E-state index in [0.717, 1.165) is 28.4 Å². The summed E-state index contributed by atoms with van der Waals surface area (Å²) in [5, 5.41) is 6.09. The van der Waals surface area contributed by atoms with Gasteiger partial charge in [0, 0.05) is 30.6 Å². The van der Waals surface area contributed by atoms with E-state index in [2.05, 4.69) is 37.8 Å². The zero-order chi connectivity index (χ0) is 13.8. The van der Waals surface area contributed by atoms with Gasteiger partial charge in [0.05, 0.1) is 16.4 Å². The molecule has 0 spiro atoms. The molecule has 0 radical (unpaired) electrons. The van der Waals surface area contributed by atoms with Crippen LogP contribution >= 0.6 is 11.3 Å². The van der Waals surface area contributed by atoms with Gasteiger partial charge in [-0.05, 0) is 6.07 Å². The van der Waals surface area contributed by atoms with Gasteiger partial charge in [-0.3, -0.25) is 0 Å². The predicted molar refractivity (Wildman–Crippen MR) is 81.9 cm³/mol. The Bertz CT molecular complexity index is 694. The molecule has 0 aliphatic carbocycles. The maximum Gasteiger partial charge on any atom is 0.222 e. The Labute approximate surface area is 121 Å². The summed E-state index contributed by atoms with van der Waals surface area (Å²) in [5.74, 6) is 0.641. The molecule has 5 heteroatoms. The van der Waals surface area contributed by atoms with Crippen LogP contribution in [0, 0.1) is 0 Å². The van der Waals surface area contributed by atoms with Crippen LogP contribution in [0.5, 0.6) is 0 Å². The molecule has 0 amide bonds. The molecule has 0 fully saturated rings. The summed E-state index contributed by atoms with van der Waals surface area (Å²) >= 11 is 1.66. The number of thiazole rings is 1. The maximum absolute atomic E-state index is 4.67. The number of nitrogens with zero attached hydrogens (tertiary/aromatic N) is 3. The molecule has 0 saturated heterocycles. The van der Waals surface area contributed by atoms with Crippen molar-refractivity contribution in [1.82, 2.24) is 15.0 Å². The molecule has 0 saturated carbocycles. The second-order valence-corrected chi connectivity index (χ2v) is 5.23. The van der Waals surface area contributed by atoms with Gasteiger partial charge in [-0.15, -0.1) is 11.3 Å². The van der Waals surface area contributed by atoms with E-state index in [0.29, 0.717) is 5.95 Å². The third-order valence-corrected chi connectivity index (χ3v) is 3.74. The van der Waals surface area contributed by atoms with Gasteiger partial charge in [-0.1, -0.05) is 30.3 Å².